The lowest BCUT2D eigenvalue weighted by molar-refractivity contribution is 0.0947. The normalized spacial score (nSPS) is 11.6. The van der Waals surface area contributed by atoms with Crippen molar-refractivity contribution in [2.24, 2.45) is 0 Å². The second-order valence-electron chi connectivity index (χ2n) is 2.99. The molecule has 1 N–H and O–H groups in total. The van der Waals surface area contributed by atoms with Crippen LogP contribution in [-0.2, 0) is 0 Å². The van der Waals surface area contributed by atoms with Crippen molar-refractivity contribution in [3.63, 3.8) is 0 Å². The van der Waals surface area contributed by atoms with Crippen LogP contribution in [0.15, 0.2) is 22.7 Å². The Balaban J connectivity index is 2.92. The Labute approximate surface area is 96.0 Å². The summed E-state index contributed by atoms with van der Waals surface area (Å²) in [6.07, 6.45) is 5.12. The molecule has 0 saturated heterocycles. The molecule has 1 amide bonds. The number of rotatable bonds is 2. The molecule has 0 bridgehead atoms. The molecule has 0 radical (unpaired) electrons. The van der Waals surface area contributed by atoms with Crippen LogP contribution in [0.1, 0.15) is 17.3 Å². The van der Waals surface area contributed by atoms with E-state index in [4.69, 9.17) is 6.42 Å². The third kappa shape index (κ3) is 3.07. The van der Waals surface area contributed by atoms with Gasteiger partial charge in [-0.3, -0.25) is 4.79 Å². The molecule has 1 unspecified atom stereocenters. The summed E-state index contributed by atoms with van der Waals surface area (Å²) in [6, 6.07) is 3.52. The van der Waals surface area contributed by atoms with E-state index in [1.165, 1.54) is 12.1 Å². The van der Waals surface area contributed by atoms with Crippen LogP contribution in [0.4, 0.5) is 4.39 Å². The quantitative estimate of drug-likeness (QED) is 0.821. The minimum absolute atomic E-state index is 0.233. The maximum absolute atomic E-state index is 12.9. The lowest BCUT2D eigenvalue weighted by Crippen LogP contribution is -2.31. The summed E-state index contributed by atoms with van der Waals surface area (Å²) in [6.45, 7) is 1.67. The lowest BCUT2D eigenvalue weighted by atomic mass is 10.2. The second kappa shape index (κ2) is 4.94. The fraction of sp³-hybridized carbons (Fsp3) is 0.182. The van der Waals surface area contributed by atoms with Crippen molar-refractivity contribution >= 4 is 21.8 Å². The van der Waals surface area contributed by atoms with E-state index in [1.807, 2.05) is 0 Å². The van der Waals surface area contributed by atoms with Crippen LogP contribution >= 0.6 is 15.9 Å². The number of carbonyl (C=O) groups is 1. The summed E-state index contributed by atoms with van der Waals surface area (Å²) in [7, 11) is 0. The third-order valence-electron chi connectivity index (χ3n) is 1.77. The highest BCUT2D eigenvalue weighted by Crippen LogP contribution is 2.17. The van der Waals surface area contributed by atoms with Crippen molar-refractivity contribution in [3.05, 3.63) is 34.1 Å². The fourth-order valence-corrected chi connectivity index (χ4v) is 1.41. The third-order valence-corrected chi connectivity index (χ3v) is 2.46. The van der Waals surface area contributed by atoms with Gasteiger partial charge in [0.2, 0.25) is 0 Å². The molecule has 0 saturated carbocycles. The number of nitrogens with one attached hydrogen (secondary N) is 1. The predicted molar refractivity (Wildman–Crippen MR) is 59.9 cm³/mol. The van der Waals surface area contributed by atoms with E-state index >= 15 is 0 Å². The van der Waals surface area contributed by atoms with Gasteiger partial charge in [-0.2, -0.15) is 0 Å². The molecular formula is C11H9BrFNO. The average Bonchev–Trinajstić information content (AvgIpc) is 2.21. The van der Waals surface area contributed by atoms with Gasteiger partial charge in [0.05, 0.1) is 11.6 Å². The fourth-order valence-electron chi connectivity index (χ4n) is 0.988. The van der Waals surface area contributed by atoms with E-state index in [0.29, 0.717) is 4.47 Å². The summed E-state index contributed by atoms with van der Waals surface area (Å²) < 4.78 is 13.4. The van der Waals surface area contributed by atoms with Gasteiger partial charge in [0, 0.05) is 4.47 Å². The van der Waals surface area contributed by atoms with E-state index < -0.39 is 11.7 Å². The molecule has 0 aliphatic heterocycles. The van der Waals surface area contributed by atoms with Gasteiger partial charge < -0.3 is 5.32 Å². The Kier molecular flexibility index (Phi) is 3.87. The minimum Gasteiger partial charge on any atom is -0.339 e. The molecule has 1 aromatic carbocycles. The molecule has 2 nitrogen and oxygen atoms in total. The van der Waals surface area contributed by atoms with Crippen LogP contribution in [0.2, 0.25) is 0 Å². The Morgan fingerprint density at radius 3 is 2.93 bits per heavy atom. The largest absolute Gasteiger partial charge is 0.339 e. The van der Waals surface area contributed by atoms with Crippen molar-refractivity contribution in [2.75, 3.05) is 0 Å². The van der Waals surface area contributed by atoms with E-state index in [2.05, 4.69) is 27.2 Å². The molecule has 0 spiro atoms. The first kappa shape index (κ1) is 11.7. The molecule has 0 aliphatic rings. The molecular weight excluding hydrogens is 261 g/mol. The number of halogens is 2. The summed E-state index contributed by atoms with van der Waals surface area (Å²) in [5.41, 5.74) is 0.233. The lowest BCUT2D eigenvalue weighted by Gasteiger charge is -2.08. The first-order valence-corrected chi connectivity index (χ1v) is 5.06. The molecule has 78 valence electrons. The SMILES string of the molecule is C#CC(C)NC(=O)c1cc(F)ccc1Br. The highest BCUT2D eigenvalue weighted by Gasteiger charge is 2.12. The van der Waals surface area contributed by atoms with Gasteiger partial charge >= 0.3 is 0 Å². The van der Waals surface area contributed by atoms with Gasteiger partial charge in [-0.25, -0.2) is 4.39 Å². The average molecular weight is 270 g/mol. The van der Waals surface area contributed by atoms with Crippen LogP contribution < -0.4 is 5.32 Å². The van der Waals surface area contributed by atoms with Crippen molar-refractivity contribution in [3.8, 4) is 12.3 Å². The molecule has 4 heteroatoms. The van der Waals surface area contributed by atoms with Gasteiger partial charge in [-0.1, -0.05) is 5.92 Å². The number of hydrogen-bond acceptors (Lipinski definition) is 1. The molecule has 15 heavy (non-hydrogen) atoms. The molecule has 1 aromatic rings. The maximum atomic E-state index is 12.9. The van der Waals surface area contributed by atoms with E-state index in [1.54, 1.807) is 6.92 Å². The first-order valence-electron chi connectivity index (χ1n) is 4.26. The summed E-state index contributed by atoms with van der Waals surface area (Å²) in [5, 5.41) is 2.54. The van der Waals surface area contributed by atoms with Gasteiger partial charge in [-0.05, 0) is 41.1 Å². The zero-order chi connectivity index (χ0) is 11.4. The van der Waals surface area contributed by atoms with Crippen molar-refractivity contribution < 1.29 is 9.18 Å². The number of hydrogen-bond donors (Lipinski definition) is 1. The van der Waals surface area contributed by atoms with Crippen LogP contribution in [0, 0.1) is 18.2 Å². The summed E-state index contributed by atoms with van der Waals surface area (Å²) in [5.74, 6) is 1.50. The Morgan fingerprint density at radius 1 is 1.67 bits per heavy atom. The van der Waals surface area contributed by atoms with Gasteiger partial charge in [0.15, 0.2) is 0 Å². The monoisotopic (exact) mass is 269 g/mol. The number of benzene rings is 1. The van der Waals surface area contributed by atoms with Crippen LogP contribution in [-0.4, -0.2) is 11.9 Å². The molecule has 0 fully saturated rings. The first-order chi connectivity index (χ1) is 7.04. The number of amides is 1. The van der Waals surface area contributed by atoms with Crippen molar-refractivity contribution in [2.45, 2.75) is 13.0 Å². The topological polar surface area (TPSA) is 29.1 Å². The second-order valence-corrected chi connectivity index (χ2v) is 3.84. The van der Waals surface area contributed by atoms with E-state index in [9.17, 15) is 9.18 Å². The number of terminal acetylenes is 1. The highest BCUT2D eigenvalue weighted by molar-refractivity contribution is 9.10. The van der Waals surface area contributed by atoms with E-state index in [-0.39, 0.29) is 11.6 Å². The molecule has 0 heterocycles. The molecule has 1 atom stereocenters. The molecule has 0 aliphatic carbocycles. The maximum Gasteiger partial charge on any atom is 0.253 e. The molecule has 1 rings (SSSR count). The van der Waals surface area contributed by atoms with Crippen LogP contribution in [0.5, 0.6) is 0 Å². The zero-order valence-corrected chi connectivity index (χ0v) is 9.64. The van der Waals surface area contributed by atoms with Crippen LogP contribution in [0.25, 0.3) is 0 Å². The van der Waals surface area contributed by atoms with E-state index in [0.717, 1.165) is 6.07 Å². The minimum atomic E-state index is -0.461. The highest BCUT2D eigenvalue weighted by atomic mass is 79.9. The standard InChI is InChI=1S/C11H9BrFNO/c1-3-7(2)14-11(15)9-6-8(13)4-5-10(9)12/h1,4-7H,2H3,(H,14,15). The predicted octanol–water partition coefficient (Wildman–Crippen LogP) is 2.34. The van der Waals surface area contributed by atoms with Gasteiger partial charge in [0.25, 0.3) is 5.91 Å². The molecule has 0 aromatic heterocycles. The van der Waals surface area contributed by atoms with Crippen molar-refractivity contribution in [1.29, 1.82) is 0 Å². The van der Waals surface area contributed by atoms with Gasteiger partial charge in [-0.15, -0.1) is 6.42 Å². The summed E-state index contributed by atoms with van der Waals surface area (Å²) in [4.78, 5) is 11.6. The Hall–Kier alpha value is -1.34. The van der Waals surface area contributed by atoms with Crippen molar-refractivity contribution in [1.82, 2.24) is 5.32 Å². The van der Waals surface area contributed by atoms with Gasteiger partial charge in [0.1, 0.15) is 5.82 Å². The summed E-state index contributed by atoms with van der Waals surface area (Å²) >= 11 is 3.16. The smallest absolute Gasteiger partial charge is 0.253 e. The zero-order valence-electron chi connectivity index (χ0n) is 8.05. The Morgan fingerprint density at radius 2 is 2.33 bits per heavy atom. The Bertz CT molecular complexity index is 425. The number of carbonyl (C=O) groups excluding carboxylic acids is 1. The van der Waals surface area contributed by atoms with Crippen LogP contribution in [0.3, 0.4) is 0 Å².